The summed E-state index contributed by atoms with van der Waals surface area (Å²) in [6.07, 6.45) is 9.54. The van der Waals surface area contributed by atoms with Crippen molar-refractivity contribution in [3.8, 4) is 0 Å². The van der Waals surface area contributed by atoms with Crippen molar-refractivity contribution in [3.63, 3.8) is 0 Å². The van der Waals surface area contributed by atoms with Crippen molar-refractivity contribution in [1.29, 1.82) is 0 Å². The zero-order valence-electron chi connectivity index (χ0n) is 11.6. The highest BCUT2D eigenvalue weighted by Crippen LogP contribution is 2.80. The van der Waals surface area contributed by atoms with Gasteiger partial charge in [0.2, 0.25) is 0 Å². The number of hydrogen-bond donors (Lipinski definition) is 0. The van der Waals surface area contributed by atoms with E-state index in [1.807, 2.05) is 0 Å². The highest BCUT2D eigenvalue weighted by atomic mass is 14.8. The first-order valence-electron chi connectivity index (χ1n) is 7.93. The molecule has 4 unspecified atom stereocenters. The van der Waals surface area contributed by atoms with Crippen molar-refractivity contribution in [1.82, 2.24) is 0 Å². The summed E-state index contributed by atoms with van der Waals surface area (Å²) in [5.41, 5.74) is 2.27. The minimum absolute atomic E-state index is 0.749. The van der Waals surface area contributed by atoms with Crippen LogP contribution >= 0.6 is 0 Å². The van der Waals surface area contributed by atoms with Crippen LogP contribution in [-0.4, -0.2) is 0 Å². The second-order valence-electron chi connectivity index (χ2n) is 9.53. The topological polar surface area (TPSA) is 0 Å². The highest BCUT2D eigenvalue weighted by Gasteiger charge is 2.72. The minimum atomic E-state index is 0.749. The lowest BCUT2D eigenvalue weighted by atomic mass is 9.27. The lowest BCUT2D eigenvalue weighted by Gasteiger charge is -2.78. The molecule has 0 aromatic rings. The molecule has 0 aromatic carbocycles. The van der Waals surface area contributed by atoms with E-state index in [1.165, 1.54) is 0 Å². The van der Waals surface area contributed by atoms with Crippen molar-refractivity contribution in [2.45, 2.75) is 59.3 Å². The fraction of sp³-hybridized carbons (Fsp3) is 1.00. The van der Waals surface area contributed by atoms with Gasteiger partial charge in [0.05, 0.1) is 0 Å². The third-order valence-electron chi connectivity index (χ3n) is 8.25. The molecule has 0 N–H and O–H groups in total. The van der Waals surface area contributed by atoms with E-state index >= 15 is 0 Å². The molecule has 0 radical (unpaired) electrons. The maximum Gasteiger partial charge on any atom is -0.0258 e. The molecule has 0 heteroatoms. The van der Waals surface area contributed by atoms with Gasteiger partial charge in [0.1, 0.15) is 0 Å². The summed E-state index contributed by atoms with van der Waals surface area (Å²) in [6.45, 7) is 7.94. The van der Waals surface area contributed by atoms with E-state index in [9.17, 15) is 0 Å². The Morgan fingerprint density at radius 2 is 1.18 bits per heavy atom. The maximum atomic E-state index is 2.69. The maximum absolute atomic E-state index is 2.69. The van der Waals surface area contributed by atoms with Crippen molar-refractivity contribution in [2.75, 3.05) is 0 Å². The van der Waals surface area contributed by atoms with Gasteiger partial charge in [-0.2, -0.15) is 0 Å². The van der Waals surface area contributed by atoms with Crippen LogP contribution in [0.3, 0.4) is 0 Å². The molecule has 94 valence electrons. The van der Waals surface area contributed by atoms with Crippen LogP contribution < -0.4 is 0 Å². The van der Waals surface area contributed by atoms with E-state index in [4.69, 9.17) is 0 Å². The zero-order chi connectivity index (χ0) is 11.6. The van der Waals surface area contributed by atoms with E-state index in [-0.39, 0.29) is 0 Å². The summed E-state index contributed by atoms with van der Waals surface area (Å²) < 4.78 is 0. The van der Waals surface area contributed by atoms with Gasteiger partial charge in [-0.25, -0.2) is 0 Å². The molecular weight excluding hydrogens is 204 g/mol. The van der Waals surface area contributed by atoms with Gasteiger partial charge < -0.3 is 0 Å². The number of hydrogen-bond acceptors (Lipinski definition) is 0. The molecule has 7 aliphatic carbocycles. The summed E-state index contributed by atoms with van der Waals surface area (Å²) in [6, 6.07) is 0. The van der Waals surface area contributed by atoms with E-state index in [0.717, 1.165) is 45.8 Å². The smallest absolute Gasteiger partial charge is 0.0258 e. The Balaban J connectivity index is 1.72. The van der Waals surface area contributed by atoms with Crippen molar-refractivity contribution in [3.05, 3.63) is 0 Å². The molecule has 7 fully saturated rings. The lowest BCUT2D eigenvalue weighted by molar-refractivity contribution is -0.289. The lowest BCUT2D eigenvalue weighted by Crippen LogP contribution is -2.70. The molecule has 17 heavy (non-hydrogen) atoms. The van der Waals surface area contributed by atoms with Gasteiger partial charge >= 0.3 is 0 Å². The van der Waals surface area contributed by atoms with Gasteiger partial charge in [0, 0.05) is 0 Å². The quantitative estimate of drug-likeness (QED) is 0.575. The average molecular weight is 230 g/mol. The molecule has 0 aromatic heterocycles. The summed E-state index contributed by atoms with van der Waals surface area (Å²) in [5, 5.41) is 0. The third kappa shape index (κ3) is 0.901. The summed E-state index contributed by atoms with van der Waals surface area (Å²) in [7, 11) is 0. The van der Waals surface area contributed by atoms with Crippen LogP contribution in [0.15, 0.2) is 0 Å². The van der Waals surface area contributed by atoms with Gasteiger partial charge in [-0.1, -0.05) is 20.8 Å². The zero-order valence-corrected chi connectivity index (χ0v) is 11.6. The molecule has 7 saturated carbocycles. The average Bonchev–Trinajstić information content (AvgIpc) is 2.23. The Labute approximate surface area is 106 Å². The molecule has 0 nitrogen and oxygen atoms in total. The fourth-order valence-corrected chi connectivity index (χ4v) is 8.25. The molecule has 0 aliphatic heterocycles. The standard InChI is InChI=1S/C17H26/c1-15-4-10-11-5-16(2)6-12(10)14(8-15)17(3,9-16)13(11)7-15/h10-14H,4-9H2,1-3H3. The molecular formula is C17H26. The van der Waals surface area contributed by atoms with Gasteiger partial charge in [-0.05, 0) is 84.4 Å². The number of rotatable bonds is 0. The van der Waals surface area contributed by atoms with Crippen LogP contribution in [0.25, 0.3) is 0 Å². The van der Waals surface area contributed by atoms with Crippen LogP contribution in [0, 0.1) is 45.8 Å². The van der Waals surface area contributed by atoms with Crippen LogP contribution in [0.5, 0.6) is 0 Å². The Kier molecular flexibility index (Phi) is 1.37. The molecule has 8 bridgehead atoms. The normalized spacial score (nSPS) is 74.6. The van der Waals surface area contributed by atoms with Crippen molar-refractivity contribution < 1.29 is 0 Å². The Morgan fingerprint density at radius 3 is 1.76 bits per heavy atom. The second kappa shape index (κ2) is 2.37. The minimum Gasteiger partial charge on any atom is -0.0596 e. The fourth-order valence-electron chi connectivity index (χ4n) is 8.25. The predicted molar refractivity (Wildman–Crippen MR) is 69.5 cm³/mol. The van der Waals surface area contributed by atoms with Crippen LogP contribution in [0.2, 0.25) is 0 Å². The predicted octanol–water partition coefficient (Wildman–Crippen LogP) is 4.49. The first kappa shape index (κ1) is 9.87. The van der Waals surface area contributed by atoms with E-state index in [0.29, 0.717) is 0 Å². The Bertz CT molecular complexity index is 382. The van der Waals surface area contributed by atoms with Crippen molar-refractivity contribution >= 4 is 0 Å². The molecule has 7 aliphatic rings. The summed E-state index contributed by atoms with van der Waals surface area (Å²) in [5.74, 6) is 5.67. The van der Waals surface area contributed by atoms with Crippen molar-refractivity contribution in [2.24, 2.45) is 45.8 Å². The Hall–Kier alpha value is 0. The summed E-state index contributed by atoms with van der Waals surface area (Å²) >= 11 is 0. The largest absolute Gasteiger partial charge is 0.0596 e. The van der Waals surface area contributed by atoms with Gasteiger partial charge in [-0.15, -0.1) is 0 Å². The van der Waals surface area contributed by atoms with E-state index in [1.54, 1.807) is 38.5 Å². The van der Waals surface area contributed by atoms with Gasteiger partial charge in [0.25, 0.3) is 0 Å². The molecule has 0 saturated heterocycles. The highest BCUT2D eigenvalue weighted by molar-refractivity contribution is 5.21. The summed E-state index contributed by atoms with van der Waals surface area (Å²) in [4.78, 5) is 0. The van der Waals surface area contributed by atoms with Crippen LogP contribution in [0.1, 0.15) is 59.3 Å². The van der Waals surface area contributed by atoms with Crippen LogP contribution in [-0.2, 0) is 0 Å². The third-order valence-corrected chi connectivity index (χ3v) is 8.25. The van der Waals surface area contributed by atoms with Gasteiger partial charge in [-0.3, -0.25) is 0 Å². The molecule has 7 rings (SSSR count). The monoisotopic (exact) mass is 230 g/mol. The first-order chi connectivity index (χ1) is 7.93. The SMILES string of the molecule is CC12CC3C4CC5(C)CC3C(C1)C(C)(C5)C4C2. The van der Waals surface area contributed by atoms with Crippen LogP contribution in [0.4, 0.5) is 0 Å². The molecule has 0 heterocycles. The molecule has 0 amide bonds. The molecule has 4 atom stereocenters. The van der Waals surface area contributed by atoms with E-state index in [2.05, 4.69) is 20.8 Å². The molecule has 0 spiro atoms. The van der Waals surface area contributed by atoms with E-state index < -0.39 is 0 Å². The second-order valence-corrected chi connectivity index (χ2v) is 9.53. The Morgan fingerprint density at radius 1 is 0.647 bits per heavy atom. The van der Waals surface area contributed by atoms with Gasteiger partial charge in [0.15, 0.2) is 0 Å². The first-order valence-corrected chi connectivity index (χ1v) is 7.93.